The normalized spacial score (nSPS) is 22.0. The van der Waals surface area contributed by atoms with Crippen LogP contribution in [0.25, 0.3) is 0 Å². The molecule has 0 spiro atoms. The molecule has 4 aromatic rings. The summed E-state index contributed by atoms with van der Waals surface area (Å²) in [6.07, 6.45) is -4.27. The van der Waals surface area contributed by atoms with Gasteiger partial charge in [-0.05, 0) is 22.3 Å². The van der Waals surface area contributed by atoms with Crippen LogP contribution < -0.4 is 0 Å². The lowest BCUT2D eigenvalue weighted by molar-refractivity contribution is -0.315. The number of rotatable bonds is 13. The van der Waals surface area contributed by atoms with Gasteiger partial charge in [0, 0.05) is 7.11 Å². The van der Waals surface area contributed by atoms with Gasteiger partial charge >= 0.3 is 5.97 Å². The Morgan fingerprint density at radius 1 is 0.548 bits per heavy atom. The van der Waals surface area contributed by atoms with Crippen LogP contribution in [-0.2, 0) is 59.6 Å². The number of carbonyl (C=O) groups is 1. The molecule has 7 heteroatoms. The maximum absolute atomic E-state index is 13.6. The lowest BCUT2D eigenvalue weighted by Crippen LogP contribution is -2.62. The minimum atomic E-state index is -1.11. The van der Waals surface area contributed by atoms with E-state index < -0.39 is 36.7 Å². The van der Waals surface area contributed by atoms with E-state index in [1.54, 1.807) is 0 Å². The van der Waals surface area contributed by atoms with Crippen LogP contribution >= 0.6 is 0 Å². The summed E-state index contributed by atoms with van der Waals surface area (Å²) < 4.78 is 37.1. The van der Waals surface area contributed by atoms with Gasteiger partial charge in [-0.1, -0.05) is 121 Å². The van der Waals surface area contributed by atoms with Crippen molar-refractivity contribution in [3.63, 3.8) is 0 Å². The summed E-state index contributed by atoms with van der Waals surface area (Å²) in [5.41, 5.74) is 3.78. The Morgan fingerprint density at radius 3 is 1.36 bits per heavy atom. The Hall–Kier alpha value is -3.85. The summed E-state index contributed by atoms with van der Waals surface area (Å²) in [5.74, 6) is -0.561. The molecule has 0 bridgehead atoms. The number of benzene rings is 4. The second kappa shape index (κ2) is 15.4. The third kappa shape index (κ3) is 8.12. The summed E-state index contributed by atoms with van der Waals surface area (Å²) in [6.45, 7) is 0.927. The average Bonchev–Trinajstić information content (AvgIpc) is 3.06. The molecule has 1 heterocycles. The molecule has 0 unspecified atom stereocenters. The highest BCUT2D eigenvalue weighted by molar-refractivity contribution is 5.76. The van der Waals surface area contributed by atoms with E-state index in [1.165, 1.54) is 7.11 Å². The Labute approximate surface area is 246 Å². The quantitative estimate of drug-likeness (QED) is 0.187. The molecule has 1 aliphatic rings. The first-order valence-corrected chi connectivity index (χ1v) is 14.1. The van der Waals surface area contributed by atoms with E-state index in [-0.39, 0.29) is 19.8 Å². The number of ether oxygens (including phenoxy) is 6. The standard InChI is InChI=1S/C35H36O7/c1-37-35-33(40-24-28-18-10-4-11-19-28)31(39-23-27-16-8-3-9-17-27)30(38-22-26-14-6-2-7-15-26)32(42-35)34(36)41-25-29-20-12-5-13-21-29/h2-21,30-33,35H,22-25H2,1H3/t30-,31-,32-,33+,35+/m1/s1. The van der Waals surface area contributed by atoms with Crippen molar-refractivity contribution in [1.82, 2.24) is 0 Å². The minimum Gasteiger partial charge on any atom is -0.459 e. The van der Waals surface area contributed by atoms with Crippen LogP contribution in [0.4, 0.5) is 0 Å². The van der Waals surface area contributed by atoms with Gasteiger partial charge in [-0.25, -0.2) is 4.79 Å². The van der Waals surface area contributed by atoms with Gasteiger partial charge in [-0.3, -0.25) is 0 Å². The van der Waals surface area contributed by atoms with Crippen LogP contribution in [0.15, 0.2) is 121 Å². The van der Waals surface area contributed by atoms with Crippen LogP contribution in [0.2, 0.25) is 0 Å². The van der Waals surface area contributed by atoms with Crippen LogP contribution in [0.5, 0.6) is 0 Å². The maximum Gasteiger partial charge on any atom is 0.338 e. The summed E-state index contributed by atoms with van der Waals surface area (Å²) in [4.78, 5) is 13.6. The van der Waals surface area contributed by atoms with Gasteiger partial charge < -0.3 is 28.4 Å². The maximum atomic E-state index is 13.6. The minimum absolute atomic E-state index is 0.103. The van der Waals surface area contributed by atoms with Gasteiger partial charge in [0.25, 0.3) is 0 Å². The van der Waals surface area contributed by atoms with E-state index in [1.807, 2.05) is 121 Å². The molecule has 7 nitrogen and oxygen atoms in total. The number of hydrogen-bond donors (Lipinski definition) is 0. The predicted molar refractivity (Wildman–Crippen MR) is 157 cm³/mol. The first kappa shape index (κ1) is 29.6. The highest BCUT2D eigenvalue weighted by Gasteiger charge is 2.52. The topological polar surface area (TPSA) is 72.5 Å². The predicted octanol–water partition coefficient (Wildman–Crippen LogP) is 5.86. The number of esters is 1. The van der Waals surface area contributed by atoms with Crippen LogP contribution in [0.1, 0.15) is 22.3 Å². The Bertz CT molecular complexity index is 1340. The fraction of sp³-hybridized carbons (Fsp3) is 0.286. The van der Waals surface area contributed by atoms with Crippen LogP contribution in [0.3, 0.4) is 0 Å². The van der Waals surface area contributed by atoms with Gasteiger partial charge in [0.15, 0.2) is 12.4 Å². The fourth-order valence-electron chi connectivity index (χ4n) is 4.85. The molecule has 1 fully saturated rings. The van der Waals surface area contributed by atoms with E-state index >= 15 is 0 Å². The molecule has 0 saturated carbocycles. The van der Waals surface area contributed by atoms with Crippen LogP contribution in [-0.4, -0.2) is 43.8 Å². The molecular weight excluding hydrogens is 532 g/mol. The van der Waals surface area contributed by atoms with Crippen LogP contribution in [0, 0.1) is 0 Å². The third-order valence-electron chi connectivity index (χ3n) is 7.04. The monoisotopic (exact) mass is 568 g/mol. The van der Waals surface area contributed by atoms with Crippen molar-refractivity contribution in [2.75, 3.05) is 7.11 Å². The van der Waals surface area contributed by atoms with Crippen molar-refractivity contribution in [1.29, 1.82) is 0 Å². The zero-order valence-electron chi connectivity index (χ0n) is 23.6. The van der Waals surface area contributed by atoms with E-state index in [9.17, 15) is 4.79 Å². The second-order valence-electron chi connectivity index (χ2n) is 10.0. The number of hydrogen-bond acceptors (Lipinski definition) is 7. The zero-order valence-corrected chi connectivity index (χ0v) is 23.6. The first-order valence-electron chi connectivity index (χ1n) is 14.1. The van der Waals surface area contributed by atoms with Crippen molar-refractivity contribution in [3.05, 3.63) is 144 Å². The highest BCUT2D eigenvalue weighted by atomic mass is 16.7. The second-order valence-corrected chi connectivity index (χ2v) is 10.0. The lowest BCUT2D eigenvalue weighted by Gasteiger charge is -2.44. The zero-order chi connectivity index (χ0) is 29.0. The molecule has 218 valence electrons. The van der Waals surface area contributed by atoms with E-state index in [4.69, 9.17) is 28.4 Å². The Morgan fingerprint density at radius 2 is 0.929 bits per heavy atom. The number of methoxy groups -OCH3 is 1. The van der Waals surface area contributed by atoms with E-state index in [0.717, 1.165) is 22.3 Å². The molecule has 1 saturated heterocycles. The highest BCUT2D eigenvalue weighted by Crippen LogP contribution is 2.31. The van der Waals surface area contributed by atoms with Crippen molar-refractivity contribution < 1.29 is 33.2 Å². The molecular formula is C35H36O7. The summed E-state index contributed by atoms with van der Waals surface area (Å²) in [6, 6.07) is 38.9. The number of carbonyl (C=O) groups excluding carboxylic acids is 1. The first-order chi connectivity index (χ1) is 20.7. The Kier molecular flexibility index (Phi) is 10.9. The fourth-order valence-corrected chi connectivity index (χ4v) is 4.85. The van der Waals surface area contributed by atoms with Crippen molar-refractivity contribution >= 4 is 5.97 Å². The summed E-state index contributed by atoms with van der Waals surface area (Å²) in [7, 11) is 1.52. The molecule has 0 radical (unpaired) electrons. The van der Waals surface area contributed by atoms with E-state index in [0.29, 0.717) is 6.61 Å². The molecule has 1 aliphatic heterocycles. The van der Waals surface area contributed by atoms with Gasteiger partial charge in [-0.15, -0.1) is 0 Å². The average molecular weight is 569 g/mol. The molecule has 42 heavy (non-hydrogen) atoms. The lowest BCUT2D eigenvalue weighted by atomic mass is 9.97. The smallest absolute Gasteiger partial charge is 0.338 e. The largest absolute Gasteiger partial charge is 0.459 e. The molecule has 5 rings (SSSR count). The molecule has 0 aliphatic carbocycles. The van der Waals surface area contributed by atoms with E-state index in [2.05, 4.69) is 0 Å². The summed E-state index contributed by atoms with van der Waals surface area (Å²) in [5, 5.41) is 0. The Balaban J connectivity index is 1.42. The molecule has 4 aromatic carbocycles. The molecule has 0 aromatic heterocycles. The molecule has 5 atom stereocenters. The van der Waals surface area contributed by atoms with Gasteiger partial charge in [0.1, 0.15) is 24.9 Å². The summed E-state index contributed by atoms with van der Waals surface area (Å²) >= 11 is 0. The van der Waals surface area contributed by atoms with Gasteiger partial charge in [0.05, 0.1) is 19.8 Å². The molecule has 0 amide bonds. The third-order valence-corrected chi connectivity index (χ3v) is 7.04. The van der Waals surface area contributed by atoms with Crippen molar-refractivity contribution in [3.8, 4) is 0 Å². The van der Waals surface area contributed by atoms with Crippen molar-refractivity contribution in [2.24, 2.45) is 0 Å². The SMILES string of the molecule is CO[C@H]1O[C@@H](C(=O)OCc2ccccc2)[C@H](OCc2ccccc2)[C@@H](OCc2ccccc2)[C@@H]1OCc1ccccc1. The van der Waals surface area contributed by atoms with Crippen molar-refractivity contribution in [2.45, 2.75) is 57.1 Å². The van der Waals surface area contributed by atoms with Gasteiger partial charge in [-0.2, -0.15) is 0 Å². The molecule has 0 N–H and O–H groups in total. The van der Waals surface area contributed by atoms with Gasteiger partial charge in [0.2, 0.25) is 0 Å².